The molecule has 0 amide bonds. The second-order valence-corrected chi connectivity index (χ2v) is 7.98. The van der Waals surface area contributed by atoms with Crippen molar-refractivity contribution in [3.05, 3.63) is 12.2 Å². The Morgan fingerprint density at radius 3 is 2.64 bits per heavy atom. The van der Waals surface area contributed by atoms with E-state index >= 15 is 0 Å². The van der Waals surface area contributed by atoms with Crippen molar-refractivity contribution in [3.8, 4) is 12.3 Å². The Hall–Kier alpha value is -1.48. The van der Waals surface area contributed by atoms with Crippen LogP contribution in [-0.4, -0.2) is 45.2 Å². The molecule has 1 unspecified atom stereocenters. The SMILES string of the molecule is C#CC(O)(C/C=C/[C@H]1[C@H](O)CC(=O)[C@@H]1CCCCCCC(=O)CO)CCCC. The van der Waals surface area contributed by atoms with Crippen LogP contribution in [0.25, 0.3) is 0 Å². The van der Waals surface area contributed by atoms with Gasteiger partial charge in [0.15, 0.2) is 5.78 Å². The van der Waals surface area contributed by atoms with Gasteiger partial charge in [0.2, 0.25) is 0 Å². The Balaban J connectivity index is 2.49. The van der Waals surface area contributed by atoms with E-state index in [9.17, 15) is 19.8 Å². The van der Waals surface area contributed by atoms with Crippen molar-refractivity contribution in [2.45, 2.75) is 89.3 Å². The van der Waals surface area contributed by atoms with Gasteiger partial charge in [-0.15, -0.1) is 6.42 Å². The fourth-order valence-electron chi connectivity index (χ4n) is 3.83. The van der Waals surface area contributed by atoms with E-state index in [1.165, 1.54) is 0 Å². The van der Waals surface area contributed by atoms with E-state index in [0.717, 1.165) is 38.5 Å². The average Bonchev–Trinajstić information content (AvgIpc) is 2.95. The Labute approximate surface area is 169 Å². The number of unbranched alkanes of at least 4 members (excludes halogenated alkanes) is 4. The number of hydrogen-bond acceptors (Lipinski definition) is 5. The monoisotopic (exact) mass is 392 g/mol. The molecule has 0 aromatic heterocycles. The highest BCUT2D eigenvalue weighted by molar-refractivity contribution is 5.84. The van der Waals surface area contributed by atoms with E-state index in [0.29, 0.717) is 25.7 Å². The molecule has 28 heavy (non-hydrogen) atoms. The number of aliphatic hydroxyl groups is 3. The normalized spacial score (nSPS) is 24.4. The lowest BCUT2D eigenvalue weighted by Crippen LogP contribution is -2.25. The zero-order chi connectivity index (χ0) is 21.0. The highest BCUT2D eigenvalue weighted by Crippen LogP contribution is 2.34. The molecule has 4 atom stereocenters. The summed E-state index contributed by atoms with van der Waals surface area (Å²) in [6.07, 6.45) is 15.9. The zero-order valence-corrected chi connectivity index (χ0v) is 17.1. The van der Waals surface area contributed by atoms with Crippen LogP contribution in [0.1, 0.15) is 77.6 Å². The highest BCUT2D eigenvalue weighted by atomic mass is 16.3. The van der Waals surface area contributed by atoms with E-state index in [1.54, 1.807) is 0 Å². The summed E-state index contributed by atoms with van der Waals surface area (Å²) >= 11 is 0. The predicted octanol–water partition coefficient (Wildman–Crippen LogP) is 2.96. The van der Waals surface area contributed by atoms with Crippen LogP contribution in [0.2, 0.25) is 0 Å². The molecular formula is C23H36O5. The second-order valence-electron chi connectivity index (χ2n) is 7.98. The summed E-state index contributed by atoms with van der Waals surface area (Å²) in [7, 11) is 0. The van der Waals surface area contributed by atoms with E-state index < -0.39 is 18.3 Å². The van der Waals surface area contributed by atoms with E-state index in [-0.39, 0.29) is 29.8 Å². The molecule has 0 aromatic carbocycles. The first-order valence-electron chi connectivity index (χ1n) is 10.6. The molecule has 0 radical (unpaired) electrons. The third-order valence-corrected chi connectivity index (χ3v) is 5.66. The molecule has 1 fully saturated rings. The summed E-state index contributed by atoms with van der Waals surface area (Å²) < 4.78 is 0. The standard InChI is InChI=1S/C23H36O5/c1-3-5-14-23(28,4-2)15-10-13-20-19(21(26)16-22(20)27)12-9-7-6-8-11-18(25)17-24/h2,10,13,19-20,22,24,27-28H,3,5-9,11-12,14-17H2,1H3/b13-10+/t19-,20-,22-,23?/m1/s1. The molecule has 0 spiro atoms. The molecule has 1 aliphatic rings. The van der Waals surface area contributed by atoms with Crippen LogP contribution < -0.4 is 0 Å². The Morgan fingerprint density at radius 1 is 1.29 bits per heavy atom. The number of Topliss-reactive ketones (excluding diaryl/α,β-unsaturated/α-hetero) is 2. The molecule has 0 bridgehead atoms. The van der Waals surface area contributed by atoms with Crippen molar-refractivity contribution < 1.29 is 24.9 Å². The molecule has 0 aliphatic heterocycles. The molecular weight excluding hydrogens is 356 g/mol. The van der Waals surface area contributed by atoms with Gasteiger partial charge in [-0.2, -0.15) is 0 Å². The van der Waals surface area contributed by atoms with Gasteiger partial charge in [0.25, 0.3) is 0 Å². The molecule has 3 N–H and O–H groups in total. The lowest BCUT2D eigenvalue weighted by Gasteiger charge is -2.21. The van der Waals surface area contributed by atoms with Crippen molar-refractivity contribution in [2.24, 2.45) is 11.8 Å². The number of rotatable bonds is 14. The number of terminal acetylenes is 1. The van der Waals surface area contributed by atoms with E-state index in [1.807, 2.05) is 19.1 Å². The van der Waals surface area contributed by atoms with Gasteiger partial charge in [0, 0.05) is 31.1 Å². The third kappa shape index (κ3) is 8.26. The maximum atomic E-state index is 12.3. The molecule has 158 valence electrons. The molecule has 5 heteroatoms. The summed E-state index contributed by atoms with van der Waals surface area (Å²) in [5, 5.41) is 29.4. The molecule has 1 aliphatic carbocycles. The number of carbonyl (C=O) groups is 2. The third-order valence-electron chi connectivity index (χ3n) is 5.66. The first-order chi connectivity index (χ1) is 13.4. The van der Waals surface area contributed by atoms with Gasteiger partial charge in [-0.1, -0.05) is 50.7 Å². The first kappa shape index (κ1) is 24.6. The van der Waals surface area contributed by atoms with Crippen LogP contribution in [0, 0.1) is 24.2 Å². The van der Waals surface area contributed by atoms with Crippen LogP contribution in [-0.2, 0) is 9.59 Å². The van der Waals surface area contributed by atoms with Crippen LogP contribution in [0.4, 0.5) is 0 Å². The zero-order valence-electron chi connectivity index (χ0n) is 17.1. The Morgan fingerprint density at radius 2 is 2.00 bits per heavy atom. The number of hydrogen-bond donors (Lipinski definition) is 3. The minimum atomic E-state index is -1.17. The smallest absolute Gasteiger partial charge is 0.158 e. The summed E-state index contributed by atoms with van der Waals surface area (Å²) in [5.41, 5.74) is -1.17. The van der Waals surface area contributed by atoms with Crippen molar-refractivity contribution in [1.29, 1.82) is 0 Å². The Bertz CT molecular complexity index is 562. The molecule has 1 rings (SSSR count). The molecule has 0 heterocycles. The average molecular weight is 393 g/mol. The summed E-state index contributed by atoms with van der Waals surface area (Å²) in [6, 6.07) is 0. The lowest BCUT2D eigenvalue weighted by atomic mass is 9.87. The fraction of sp³-hybridized carbons (Fsp3) is 0.739. The summed E-state index contributed by atoms with van der Waals surface area (Å²) in [5.74, 6) is 2.01. The number of aliphatic hydroxyl groups excluding tert-OH is 2. The predicted molar refractivity (Wildman–Crippen MR) is 109 cm³/mol. The maximum Gasteiger partial charge on any atom is 0.158 e. The molecule has 1 saturated carbocycles. The van der Waals surface area contributed by atoms with Crippen molar-refractivity contribution >= 4 is 11.6 Å². The van der Waals surface area contributed by atoms with E-state index in [4.69, 9.17) is 11.5 Å². The minimum Gasteiger partial charge on any atom is -0.392 e. The highest BCUT2D eigenvalue weighted by Gasteiger charge is 2.39. The maximum absolute atomic E-state index is 12.3. The van der Waals surface area contributed by atoms with Gasteiger partial charge in [0.05, 0.1) is 6.10 Å². The first-order valence-corrected chi connectivity index (χ1v) is 10.6. The molecule has 0 aromatic rings. The topological polar surface area (TPSA) is 94.8 Å². The van der Waals surface area contributed by atoms with Gasteiger partial charge >= 0.3 is 0 Å². The van der Waals surface area contributed by atoms with Gasteiger partial charge in [-0.05, 0) is 25.7 Å². The number of ketones is 2. The summed E-state index contributed by atoms with van der Waals surface area (Å²) in [6.45, 7) is 1.65. The van der Waals surface area contributed by atoms with Crippen LogP contribution in [0.5, 0.6) is 0 Å². The second kappa shape index (κ2) is 12.9. The van der Waals surface area contributed by atoms with Crippen LogP contribution in [0.3, 0.4) is 0 Å². The van der Waals surface area contributed by atoms with Gasteiger partial charge < -0.3 is 15.3 Å². The largest absolute Gasteiger partial charge is 0.392 e. The van der Waals surface area contributed by atoms with Crippen molar-refractivity contribution in [2.75, 3.05) is 6.61 Å². The summed E-state index contributed by atoms with van der Waals surface area (Å²) in [4.78, 5) is 23.3. The van der Waals surface area contributed by atoms with Crippen molar-refractivity contribution in [1.82, 2.24) is 0 Å². The van der Waals surface area contributed by atoms with Crippen LogP contribution in [0.15, 0.2) is 12.2 Å². The van der Waals surface area contributed by atoms with E-state index in [2.05, 4.69) is 5.92 Å². The van der Waals surface area contributed by atoms with Crippen LogP contribution >= 0.6 is 0 Å². The lowest BCUT2D eigenvalue weighted by molar-refractivity contribution is -0.122. The molecule has 5 nitrogen and oxygen atoms in total. The van der Waals surface area contributed by atoms with Gasteiger partial charge in [-0.3, -0.25) is 9.59 Å². The van der Waals surface area contributed by atoms with Gasteiger partial charge in [-0.25, -0.2) is 0 Å². The Kier molecular flexibility index (Phi) is 11.3. The molecule has 0 saturated heterocycles. The minimum absolute atomic E-state index is 0.0933. The van der Waals surface area contributed by atoms with Gasteiger partial charge in [0.1, 0.15) is 18.0 Å². The van der Waals surface area contributed by atoms with Crippen molar-refractivity contribution in [3.63, 3.8) is 0 Å². The number of carbonyl (C=O) groups excluding carboxylic acids is 2. The quantitative estimate of drug-likeness (QED) is 0.240. The fourth-order valence-corrected chi connectivity index (χ4v) is 3.83.